The molecule has 4 heteroatoms. The molecule has 106 valence electrons. The van der Waals surface area contributed by atoms with Crippen molar-refractivity contribution in [2.75, 3.05) is 13.1 Å². The number of hydrogen-bond acceptors (Lipinski definition) is 4. The minimum atomic E-state index is 0.425. The maximum Gasteiger partial charge on any atom is 0.108 e. The molecule has 0 spiro atoms. The Hall–Kier alpha value is -0.970. The third kappa shape index (κ3) is 2.26. The number of hydrogen-bond donors (Lipinski definition) is 1. The van der Waals surface area contributed by atoms with E-state index < -0.39 is 0 Å². The van der Waals surface area contributed by atoms with Crippen LogP contribution in [0.3, 0.4) is 0 Å². The predicted molar refractivity (Wildman–Crippen MR) is 83.7 cm³/mol. The lowest BCUT2D eigenvalue weighted by Gasteiger charge is -2.29. The molecule has 2 aromatic rings. The molecule has 4 rings (SSSR count). The van der Waals surface area contributed by atoms with E-state index in [9.17, 15) is 0 Å². The van der Waals surface area contributed by atoms with Gasteiger partial charge in [0, 0.05) is 19.1 Å². The normalized spacial score (nSPS) is 30.8. The second kappa shape index (κ2) is 5.10. The van der Waals surface area contributed by atoms with Crippen LogP contribution in [0.25, 0.3) is 10.2 Å². The predicted octanol–water partition coefficient (Wildman–Crippen LogP) is 2.86. The first-order valence-electron chi connectivity index (χ1n) is 7.62. The largest absolute Gasteiger partial charge is 0.327 e. The molecule has 3 unspecified atom stereocenters. The van der Waals surface area contributed by atoms with Gasteiger partial charge in [-0.05, 0) is 36.8 Å². The lowest BCUT2D eigenvalue weighted by Crippen LogP contribution is -2.38. The summed E-state index contributed by atoms with van der Waals surface area (Å²) in [5.41, 5.74) is 7.44. The van der Waals surface area contributed by atoms with E-state index in [2.05, 4.69) is 29.2 Å². The van der Waals surface area contributed by atoms with Crippen molar-refractivity contribution in [1.29, 1.82) is 0 Å². The molecule has 0 bridgehead atoms. The SMILES string of the molecule is NC1CCCC2CN(Cc3nc4ccccc4s3)CC12. The highest BCUT2D eigenvalue weighted by Crippen LogP contribution is 2.36. The lowest BCUT2D eigenvalue weighted by atomic mass is 9.78. The quantitative estimate of drug-likeness (QED) is 0.923. The molecule has 2 fully saturated rings. The number of para-hydroxylation sites is 1. The highest BCUT2D eigenvalue weighted by molar-refractivity contribution is 7.18. The number of nitrogens with two attached hydrogens (primary N) is 1. The van der Waals surface area contributed by atoms with Gasteiger partial charge in [-0.1, -0.05) is 18.6 Å². The highest BCUT2D eigenvalue weighted by atomic mass is 32.1. The van der Waals surface area contributed by atoms with Gasteiger partial charge in [-0.25, -0.2) is 4.98 Å². The first-order chi connectivity index (χ1) is 9.79. The van der Waals surface area contributed by atoms with Crippen molar-refractivity contribution < 1.29 is 0 Å². The number of rotatable bonds is 2. The van der Waals surface area contributed by atoms with E-state index in [1.54, 1.807) is 0 Å². The van der Waals surface area contributed by atoms with Crippen LogP contribution in [0.2, 0.25) is 0 Å². The van der Waals surface area contributed by atoms with Gasteiger partial charge in [0.1, 0.15) is 5.01 Å². The van der Waals surface area contributed by atoms with E-state index in [1.807, 2.05) is 11.3 Å². The Kier molecular flexibility index (Phi) is 3.25. The molecular formula is C16H21N3S. The zero-order valence-electron chi connectivity index (χ0n) is 11.7. The minimum absolute atomic E-state index is 0.425. The van der Waals surface area contributed by atoms with E-state index in [-0.39, 0.29) is 0 Å². The van der Waals surface area contributed by atoms with Gasteiger partial charge in [0.15, 0.2) is 0 Å². The second-order valence-electron chi connectivity index (χ2n) is 6.29. The summed E-state index contributed by atoms with van der Waals surface area (Å²) < 4.78 is 1.30. The van der Waals surface area contributed by atoms with Crippen molar-refractivity contribution in [1.82, 2.24) is 9.88 Å². The summed E-state index contributed by atoms with van der Waals surface area (Å²) in [4.78, 5) is 7.33. The molecule has 20 heavy (non-hydrogen) atoms. The Balaban J connectivity index is 1.49. The molecule has 1 aliphatic carbocycles. The van der Waals surface area contributed by atoms with Gasteiger partial charge in [-0.3, -0.25) is 4.90 Å². The van der Waals surface area contributed by atoms with Crippen LogP contribution in [0, 0.1) is 11.8 Å². The molecule has 1 aromatic heterocycles. The van der Waals surface area contributed by atoms with E-state index >= 15 is 0 Å². The standard InChI is InChI=1S/C16H21N3S/c17-13-5-3-4-11-8-19(9-12(11)13)10-16-18-14-6-1-2-7-15(14)20-16/h1-2,6-7,11-13H,3-5,8-10,17H2. The van der Waals surface area contributed by atoms with E-state index in [1.165, 1.54) is 42.1 Å². The molecule has 0 amide bonds. The van der Waals surface area contributed by atoms with Crippen molar-refractivity contribution in [3.05, 3.63) is 29.3 Å². The van der Waals surface area contributed by atoms with Crippen LogP contribution in [0.4, 0.5) is 0 Å². The van der Waals surface area contributed by atoms with Crippen LogP contribution in [0.1, 0.15) is 24.3 Å². The second-order valence-corrected chi connectivity index (χ2v) is 7.40. The molecule has 3 nitrogen and oxygen atoms in total. The molecule has 1 aliphatic heterocycles. The number of fused-ring (bicyclic) bond motifs is 2. The highest BCUT2D eigenvalue weighted by Gasteiger charge is 2.38. The Morgan fingerprint density at radius 1 is 1.25 bits per heavy atom. The first-order valence-corrected chi connectivity index (χ1v) is 8.43. The van der Waals surface area contributed by atoms with Gasteiger partial charge in [0.05, 0.1) is 16.8 Å². The molecule has 1 aromatic carbocycles. The summed E-state index contributed by atoms with van der Waals surface area (Å²) in [5, 5.41) is 1.25. The number of benzene rings is 1. The van der Waals surface area contributed by atoms with Gasteiger partial charge < -0.3 is 5.73 Å². The monoisotopic (exact) mass is 287 g/mol. The van der Waals surface area contributed by atoms with Crippen LogP contribution in [0.15, 0.2) is 24.3 Å². The molecular weight excluding hydrogens is 266 g/mol. The number of thiazole rings is 1. The molecule has 2 heterocycles. The summed E-state index contributed by atoms with van der Waals surface area (Å²) in [6.07, 6.45) is 3.90. The molecule has 2 N–H and O–H groups in total. The smallest absolute Gasteiger partial charge is 0.108 e. The lowest BCUT2D eigenvalue weighted by molar-refractivity contribution is 0.259. The topological polar surface area (TPSA) is 42.1 Å². The van der Waals surface area contributed by atoms with Gasteiger partial charge in [-0.2, -0.15) is 0 Å². The summed E-state index contributed by atoms with van der Waals surface area (Å²) in [5.74, 6) is 1.55. The van der Waals surface area contributed by atoms with Crippen LogP contribution in [-0.4, -0.2) is 29.0 Å². The third-order valence-electron chi connectivity index (χ3n) is 4.93. The Morgan fingerprint density at radius 2 is 2.15 bits per heavy atom. The average molecular weight is 287 g/mol. The maximum atomic E-state index is 6.30. The van der Waals surface area contributed by atoms with Gasteiger partial charge in [0.2, 0.25) is 0 Å². The zero-order chi connectivity index (χ0) is 13.5. The van der Waals surface area contributed by atoms with Crippen molar-refractivity contribution in [2.45, 2.75) is 31.8 Å². The van der Waals surface area contributed by atoms with Gasteiger partial charge in [-0.15, -0.1) is 11.3 Å². The van der Waals surface area contributed by atoms with Crippen molar-refractivity contribution in [2.24, 2.45) is 17.6 Å². The van der Waals surface area contributed by atoms with E-state index in [0.29, 0.717) is 6.04 Å². The van der Waals surface area contributed by atoms with Crippen LogP contribution in [0.5, 0.6) is 0 Å². The van der Waals surface area contributed by atoms with E-state index in [0.717, 1.165) is 23.9 Å². The number of nitrogens with zero attached hydrogens (tertiary/aromatic N) is 2. The summed E-state index contributed by atoms with van der Waals surface area (Å²) >= 11 is 1.83. The van der Waals surface area contributed by atoms with Crippen molar-refractivity contribution in [3.63, 3.8) is 0 Å². The minimum Gasteiger partial charge on any atom is -0.327 e. The Morgan fingerprint density at radius 3 is 3.00 bits per heavy atom. The maximum absolute atomic E-state index is 6.30. The molecule has 1 saturated carbocycles. The average Bonchev–Trinajstić information content (AvgIpc) is 3.02. The molecule has 1 saturated heterocycles. The van der Waals surface area contributed by atoms with E-state index in [4.69, 9.17) is 10.7 Å². The Labute approximate surface area is 123 Å². The van der Waals surface area contributed by atoms with Crippen LogP contribution in [-0.2, 0) is 6.54 Å². The number of likely N-dealkylation sites (tertiary alicyclic amines) is 1. The summed E-state index contributed by atoms with van der Waals surface area (Å²) in [6.45, 7) is 3.38. The fraction of sp³-hybridized carbons (Fsp3) is 0.562. The fourth-order valence-corrected chi connectivity index (χ4v) is 4.93. The van der Waals surface area contributed by atoms with Crippen molar-refractivity contribution >= 4 is 21.6 Å². The zero-order valence-corrected chi connectivity index (χ0v) is 12.5. The summed E-state index contributed by atoms with van der Waals surface area (Å²) in [6, 6.07) is 8.85. The molecule has 2 aliphatic rings. The molecule has 0 radical (unpaired) electrons. The molecule has 3 atom stereocenters. The van der Waals surface area contributed by atoms with Crippen molar-refractivity contribution in [3.8, 4) is 0 Å². The van der Waals surface area contributed by atoms with Crippen LogP contribution < -0.4 is 5.73 Å². The van der Waals surface area contributed by atoms with Gasteiger partial charge >= 0.3 is 0 Å². The Bertz CT molecular complexity index is 576. The third-order valence-corrected chi connectivity index (χ3v) is 5.95. The number of aromatic nitrogens is 1. The van der Waals surface area contributed by atoms with Crippen LogP contribution >= 0.6 is 11.3 Å². The summed E-state index contributed by atoms with van der Waals surface area (Å²) in [7, 11) is 0. The van der Waals surface area contributed by atoms with Gasteiger partial charge in [0.25, 0.3) is 0 Å². The fourth-order valence-electron chi connectivity index (χ4n) is 3.92. The first kappa shape index (κ1) is 12.7.